The molecule has 0 saturated heterocycles. The lowest BCUT2D eigenvalue weighted by molar-refractivity contribution is 0.169. The van der Waals surface area contributed by atoms with Crippen LogP contribution in [0.1, 0.15) is 12.8 Å². The molecule has 0 saturated carbocycles. The lowest BCUT2D eigenvalue weighted by atomic mass is 10.3. The summed E-state index contributed by atoms with van der Waals surface area (Å²) < 4.78 is 24.6. The van der Waals surface area contributed by atoms with Crippen molar-refractivity contribution in [2.24, 2.45) is 5.73 Å². The zero-order valence-corrected chi connectivity index (χ0v) is 22.1. The molecule has 6 nitrogen and oxygen atoms in total. The van der Waals surface area contributed by atoms with Crippen LogP contribution in [0.4, 0.5) is 4.79 Å². The maximum absolute atomic E-state index is 10.6. The van der Waals surface area contributed by atoms with Gasteiger partial charge in [0, 0.05) is 6.04 Å². The summed E-state index contributed by atoms with van der Waals surface area (Å²) >= 11 is 0. The lowest BCUT2D eigenvalue weighted by Crippen LogP contribution is -2.60. The molecule has 0 bridgehead atoms. The Morgan fingerprint density at radius 3 is 1.58 bits per heavy atom. The highest BCUT2D eigenvalue weighted by Gasteiger charge is 2.49. The molecule has 10 heteroatoms. The maximum atomic E-state index is 10.6. The summed E-state index contributed by atoms with van der Waals surface area (Å²) in [6, 6.07) is 0.812. The third-order valence-electron chi connectivity index (χ3n) is 2.73. The third kappa shape index (κ3) is 14.9. The molecule has 2 N–H and O–H groups in total. The molecule has 26 heavy (non-hydrogen) atoms. The Hall–Kier alpha value is -0.242. The number of allylic oxidation sites excluding steroid dienone is 1. The third-order valence-corrected chi connectivity index (χ3v) is 14.8. The summed E-state index contributed by atoms with van der Waals surface area (Å²) in [7, 11) is -8.20. The van der Waals surface area contributed by atoms with Gasteiger partial charge in [-0.05, 0) is 71.8 Å². The summed E-state index contributed by atoms with van der Waals surface area (Å²) in [5, 5.41) is 0. The van der Waals surface area contributed by atoms with E-state index in [1.165, 1.54) is 0 Å². The summed E-state index contributed by atoms with van der Waals surface area (Å²) in [4.78, 5) is 10.6. The van der Waals surface area contributed by atoms with Crippen molar-refractivity contribution in [3.05, 3.63) is 12.2 Å². The van der Waals surface area contributed by atoms with E-state index in [0.717, 1.165) is 18.9 Å². The molecule has 0 aromatic rings. The van der Waals surface area contributed by atoms with Gasteiger partial charge in [-0.1, -0.05) is 12.2 Å². The molecule has 0 spiro atoms. The molecule has 0 atom stereocenters. The number of carbonyl (C=O) groups excluding carboxylic acids is 1. The van der Waals surface area contributed by atoms with Crippen LogP contribution in [-0.4, -0.2) is 46.5 Å². The van der Waals surface area contributed by atoms with Crippen molar-refractivity contribution in [2.75, 3.05) is 6.61 Å². The van der Waals surface area contributed by atoms with Gasteiger partial charge in [0.25, 0.3) is 0 Å². The van der Waals surface area contributed by atoms with Crippen molar-refractivity contribution in [1.29, 1.82) is 0 Å². The zero-order chi connectivity index (χ0) is 20.6. The van der Waals surface area contributed by atoms with Crippen LogP contribution in [0.3, 0.4) is 0 Å². The van der Waals surface area contributed by atoms with Crippen molar-refractivity contribution in [1.82, 2.24) is 0 Å². The fourth-order valence-electron chi connectivity index (χ4n) is 2.37. The summed E-state index contributed by atoms with van der Waals surface area (Å²) in [6.07, 6.45) is 4.83. The van der Waals surface area contributed by atoms with Crippen LogP contribution >= 0.6 is 0 Å². The van der Waals surface area contributed by atoms with E-state index in [1.54, 1.807) is 0 Å². The van der Waals surface area contributed by atoms with E-state index >= 15 is 0 Å². The Kier molecular flexibility index (Phi) is 10.2. The van der Waals surface area contributed by atoms with E-state index in [2.05, 4.69) is 58.9 Å². The second kappa shape index (κ2) is 10.3. The van der Waals surface area contributed by atoms with Crippen LogP contribution in [-0.2, 0) is 17.1 Å². The topological polar surface area (TPSA) is 80.0 Å². The van der Waals surface area contributed by atoms with Gasteiger partial charge in [0.2, 0.25) is 0 Å². The first-order chi connectivity index (χ1) is 11.5. The van der Waals surface area contributed by atoms with Crippen LogP contribution in [0.25, 0.3) is 0 Å². The Bertz CT molecular complexity index is 426. The molecule has 0 fully saturated rings. The SMILES string of the molecule is C[Si](C)(C)O[Si](CCCC=CCOC(N)=O)(O[Si](C)(C)C)O[Si](C)(C)C. The van der Waals surface area contributed by atoms with E-state index in [4.69, 9.17) is 22.8 Å². The number of ether oxygens (including phenoxy) is 1. The average molecular weight is 438 g/mol. The van der Waals surface area contributed by atoms with Gasteiger partial charge >= 0.3 is 14.9 Å². The Morgan fingerprint density at radius 1 is 0.808 bits per heavy atom. The van der Waals surface area contributed by atoms with Crippen molar-refractivity contribution in [3.8, 4) is 0 Å². The molecule has 154 valence electrons. The van der Waals surface area contributed by atoms with Gasteiger partial charge in [0.05, 0.1) is 0 Å². The fourth-order valence-corrected chi connectivity index (χ4v) is 17.1. The molecule has 0 unspecified atom stereocenters. The van der Waals surface area contributed by atoms with E-state index in [-0.39, 0.29) is 6.61 Å². The van der Waals surface area contributed by atoms with Gasteiger partial charge in [-0.2, -0.15) is 0 Å². The second-order valence-corrected chi connectivity index (χ2v) is 26.3. The monoisotopic (exact) mass is 437 g/mol. The highest BCUT2D eigenvalue weighted by atomic mass is 28.5. The van der Waals surface area contributed by atoms with Gasteiger partial charge in [-0.3, -0.25) is 0 Å². The van der Waals surface area contributed by atoms with Crippen LogP contribution in [0.15, 0.2) is 12.2 Å². The summed E-state index contributed by atoms with van der Waals surface area (Å²) in [5.74, 6) is 0. The number of carbonyl (C=O) groups is 1. The molecular formula is C16H39NO5Si4. The largest absolute Gasteiger partial charge is 0.469 e. The normalized spacial score (nSPS) is 14.0. The van der Waals surface area contributed by atoms with Gasteiger partial charge in [-0.15, -0.1) is 0 Å². The standard InChI is InChI=1S/C16H39NO5Si4/c1-23(2,3)20-26(21-24(4,5)6,22-25(7,8)9)15-13-11-10-12-14-19-16(17)18/h10,12H,11,13-15H2,1-9H3,(H2,17,18). The number of rotatable bonds is 12. The molecule has 0 rings (SSSR count). The number of nitrogens with two attached hydrogens (primary N) is 1. The number of hydrogen-bond acceptors (Lipinski definition) is 5. The molecule has 0 aliphatic heterocycles. The van der Waals surface area contributed by atoms with Gasteiger partial charge in [0.1, 0.15) is 6.61 Å². The molecular weight excluding hydrogens is 399 g/mol. The van der Waals surface area contributed by atoms with E-state index < -0.39 is 39.8 Å². The minimum atomic E-state index is -2.74. The average Bonchev–Trinajstić information content (AvgIpc) is 2.30. The zero-order valence-electron chi connectivity index (χ0n) is 18.1. The highest BCUT2D eigenvalue weighted by Crippen LogP contribution is 2.30. The predicted molar refractivity (Wildman–Crippen MR) is 118 cm³/mol. The Morgan fingerprint density at radius 2 is 1.23 bits per heavy atom. The molecule has 0 radical (unpaired) electrons. The minimum Gasteiger partial charge on any atom is -0.445 e. The molecule has 0 aromatic carbocycles. The Labute approximate surface area is 164 Å². The van der Waals surface area contributed by atoms with Crippen molar-refractivity contribution < 1.29 is 21.9 Å². The molecule has 0 aliphatic rings. The first-order valence-corrected chi connectivity index (χ1v) is 21.4. The van der Waals surface area contributed by atoms with Crippen LogP contribution in [0.5, 0.6) is 0 Å². The highest BCUT2D eigenvalue weighted by molar-refractivity contribution is 6.90. The predicted octanol–water partition coefficient (Wildman–Crippen LogP) is 4.91. The quantitative estimate of drug-likeness (QED) is 0.266. The molecule has 0 aliphatic carbocycles. The van der Waals surface area contributed by atoms with Crippen LogP contribution in [0, 0.1) is 0 Å². The lowest BCUT2D eigenvalue weighted by Gasteiger charge is -2.42. The maximum Gasteiger partial charge on any atom is 0.469 e. The van der Waals surface area contributed by atoms with Crippen molar-refractivity contribution in [3.63, 3.8) is 0 Å². The Balaban J connectivity index is 5.11. The van der Waals surface area contributed by atoms with E-state index in [1.807, 2.05) is 12.2 Å². The van der Waals surface area contributed by atoms with Crippen LogP contribution < -0.4 is 5.73 Å². The second-order valence-electron chi connectivity index (χ2n) is 9.32. The fraction of sp³-hybridized carbons (Fsp3) is 0.812. The number of hydrogen-bond donors (Lipinski definition) is 1. The van der Waals surface area contributed by atoms with Gasteiger partial charge in [-0.25, -0.2) is 4.79 Å². The molecule has 0 heterocycles. The summed E-state index contributed by atoms with van der Waals surface area (Å²) in [6.45, 7) is 19.9. The first-order valence-electron chi connectivity index (χ1n) is 9.21. The first kappa shape index (κ1) is 25.8. The van der Waals surface area contributed by atoms with Crippen molar-refractivity contribution >= 4 is 39.8 Å². The molecule has 1 amide bonds. The smallest absolute Gasteiger partial charge is 0.445 e. The van der Waals surface area contributed by atoms with Crippen LogP contribution in [0.2, 0.25) is 65.0 Å². The van der Waals surface area contributed by atoms with Gasteiger partial charge in [0.15, 0.2) is 25.0 Å². The van der Waals surface area contributed by atoms with Crippen molar-refractivity contribution in [2.45, 2.75) is 77.8 Å². The van der Waals surface area contributed by atoms with Gasteiger partial charge < -0.3 is 22.8 Å². The van der Waals surface area contributed by atoms with E-state index in [9.17, 15) is 4.79 Å². The summed E-state index contributed by atoms with van der Waals surface area (Å²) in [5.41, 5.74) is 4.94. The number of primary amides is 1. The number of unbranched alkanes of at least 4 members (excludes halogenated alkanes) is 1. The minimum absolute atomic E-state index is 0.208. The van der Waals surface area contributed by atoms with E-state index in [0.29, 0.717) is 0 Å². The molecule has 0 aromatic heterocycles. The number of amides is 1.